The van der Waals surface area contributed by atoms with Gasteiger partial charge in [-0.05, 0) is 12.8 Å². The van der Waals surface area contributed by atoms with Crippen LogP contribution in [0.1, 0.15) is 6.92 Å². The monoisotopic (exact) mass is 210 g/mol. The molecule has 0 aliphatic carbocycles. The molecule has 0 aromatic heterocycles. The SMILES string of the molecule is C#C/C(O)=C(/C(C)OOC)C(F)(F)F. The first kappa shape index (κ1) is 12.8. The van der Waals surface area contributed by atoms with Crippen molar-refractivity contribution in [3.63, 3.8) is 0 Å². The number of terminal acetylenes is 1. The third-order valence-corrected chi connectivity index (χ3v) is 1.34. The average molecular weight is 210 g/mol. The maximum Gasteiger partial charge on any atom is 0.419 e. The molecule has 0 bridgehead atoms. The lowest BCUT2D eigenvalue weighted by Crippen LogP contribution is -2.26. The second-order valence-electron chi connectivity index (χ2n) is 2.31. The highest BCUT2D eigenvalue weighted by atomic mass is 19.4. The van der Waals surface area contributed by atoms with Crippen molar-refractivity contribution in [3.05, 3.63) is 11.3 Å². The number of rotatable bonds is 3. The van der Waals surface area contributed by atoms with E-state index in [1.54, 1.807) is 0 Å². The van der Waals surface area contributed by atoms with Gasteiger partial charge in [0.05, 0.1) is 7.11 Å². The molecule has 0 saturated carbocycles. The zero-order chi connectivity index (χ0) is 11.4. The van der Waals surface area contributed by atoms with Crippen molar-refractivity contribution < 1.29 is 28.1 Å². The molecule has 0 aromatic rings. The van der Waals surface area contributed by atoms with Gasteiger partial charge in [0.15, 0.2) is 5.76 Å². The van der Waals surface area contributed by atoms with Gasteiger partial charge in [-0.15, -0.1) is 6.42 Å². The summed E-state index contributed by atoms with van der Waals surface area (Å²) < 4.78 is 36.8. The van der Waals surface area contributed by atoms with Crippen LogP contribution in [0.3, 0.4) is 0 Å². The maximum atomic E-state index is 12.3. The van der Waals surface area contributed by atoms with E-state index in [2.05, 4.69) is 16.2 Å². The van der Waals surface area contributed by atoms with E-state index in [1.165, 1.54) is 5.92 Å². The van der Waals surface area contributed by atoms with E-state index in [-0.39, 0.29) is 0 Å². The fraction of sp³-hybridized carbons (Fsp3) is 0.500. The fourth-order valence-corrected chi connectivity index (χ4v) is 0.827. The van der Waals surface area contributed by atoms with Gasteiger partial charge in [-0.25, -0.2) is 9.78 Å². The van der Waals surface area contributed by atoms with Crippen LogP contribution in [0.2, 0.25) is 0 Å². The molecule has 14 heavy (non-hydrogen) atoms. The van der Waals surface area contributed by atoms with E-state index in [0.717, 1.165) is 14.0 Å². The Labute approximate surface area is 79.1 Å². The summed E-state index contributed by atoms with van der Waals surface area (Å²) in [6, 6.07) is 0. The normalized spacial score (nSPS) is 15.7. The number of hydrogen-bond donors (Lipinski definition) is 1. The zero-order valence-corrected chi connectivity index (χ0v) is 7.55. The number of hydrogen-bond acceptors (Lipinski definition) is 3. The van der Waals surface area contributed by atoms with Crippen molar-refractivity contribution >= 4 is 0 Å². The van der Waals surface area contributed by atoms with Crippen molar-refractivity contribution in [2.75, 3.05) is 7.11 Å². The Bertz CT molecular complexity index is 262. The highest BCUT2D eigenvalue weighted by molar-refractivity contribution is 5.29. The minimum absolute atomic E-state index is 1.05. The lowest BCUT2D eigenvalue weighted by molar-refractivity contribution is -0.299. The Hall–Kier alpha value is -1.19. The average Bonchev–Trinajstić information content (AvgIpc) is 2.02. The van der Waals surface area contributed by atoms with Crippen molar-refractivity contribution in [2.45, 2.75) is 19.2 Å². The molecule has 0 rings (SSSR count). The molecule has 0 saturated heterocycles. The summed E-state index contributed by atoms with van der Waals surface area (Å²) in [6.07, 6.45) is -1.60. The van der Waals surface area contributed by atoms with Gasteiger partial charge < -0.3 is 5.11 Å². The molecule has 0 radical (unpaired) electrons. The number of allylic oxidation sites excluding steroid dienone is 1. The first-order valence-electron chi connectivity index (χ1n) is 3.51. The molecule has 0 aliphatic rings. The summed E-state index contributed by atoms with van der Waals surface area (Å²) in [4.78, 5) is 8.28. The second kappa shape index (κ2) is 4.88. The molecule has 0 spiro atoms. The molecule has 0 aromatic carbocycles. The molecule has 0 aliphatic heterocycles. The molecule has 0 fully saturated rings. The van der Waals surface area contributed by atoms with E-state index in [9.17, 15) is 13.2 Å². The summed E-state index contributed by atoms with van der Waals surface area (Å²) >= 11 is 0. The van der Waals surface area contributed by atoms with Crippen LogP contribution >= 0.6 is 0 Å². The van der Waals surface area contributed by atoms with Crippen LogP contribution in [0.25, 0.3) is 0 Å². The zero-order valence-electron chi connectivity index (χ0n) is 7.55. The number of aliphatic hydroxyl groups is 1. The highest BCUT2D eigenvalue weighted by Gasteiger charge is 2.41. The Balaban J connectivity index is 5.06. The topological polar surface area (TPSA) is 38.7 Å². The van der Waals surface area contributed by atoms with Crippen molar-refractivity contribution in [1.82, 2.24) is 0 Å². The highest BCUT2D eigenvalue weighted by Crippen LogP contribution is 2.31. The molecule has 0 heterocycles. The molecule has 0 amide bonds. The first-order chi connectivity index (χ1) is 6.34. The summed E-state index contributed by atoms with van der Waals surface area (Å²) in [5.74, 6) is 0.284. The van der Waals surface area contributed by atoms with Gasteiger partial charge in [0.2, 0.25) is 0 Å². The van der Waals surface area contributed by atoms with Gasteiger partial charge >= 0.3 is 6.18 Å². The molecular formula is C8H9F3O3. The number of aliphatic hydroxyl groups excluding tert-OH is 1. The second-order valence-corrected chi connectivity index (χ2v) is 2.31. The fourth-order valence-electron chi connectivity index (χ4n) is 0.827. The Morgan fingerprint density at radius 1 is 1.50 bits per heavy atom. The summed E-state index contributed by atoms with van der Waals surface area (Å²) in [5.41, 5.74) is -1.35. The Morgan fingerprint density at radius 2 is 2.00 bits per heavy atom. The number of halogens is 3. The van der Waals surface area contributed by atoms with Crippen LogP contribution in [0.5, 0.6) is 0 Å². The maximum absolute atomic E-state index is 12.3. The predicted molar refractivity (Wildman–Crippen MR) is 42.1 cm³/mol. The Kier molecular flexibility index (Phi) is 4.47. The van der Waals surface area contributed by atoms with Crippen molar-refractivity contribution in [2.24, 2.45) is 0 Å². The minimum atomic E-state index is -4.76. The van der Waals surface area contributed by atoms with E-state index in [4.69, 9.17) is 5.11 Å². The van der Waals surface area contributed by atoms with E-state index in [0.29, 0.717) is 0 Å². The van der Waals surface area contributed by atoms with Crippen molar-refractivity contribution in [1.29, 1.82) is 0 Å². The summed E-state index contributed by atoms with van der Waals surface area (Å²) in [6.45, 7) is 1.06. The molecule has 1 unspecified atom stereocenters. The van der Waals surface area contributed by atoms with Crippen LogP contribution in [0.15, 0.2) is 11.3 Å². The largest absolute Gasteiger partial charge is 0.500 e. The molecular weight excluding hydrogens is 201 g/mol. The predicted octanol–water partition coefficient (Wildman–Crippen LogP) is 1.96. The summed E-state index contributed by atoms with van der Waals surface area (Å²) in [5, 5.41) is 8.84. The van der Waals surface area contributed by atoms with Crippen LogP contribution < -0.4 is 0 Å². The quantitative estimate of drug-likeness (QED) is 0.335. The van der Waals surface area contributed by atoms with Crippen LogP contribution in [-0.4, -0.2) is 24.5 Å². The third kappa shape index (κ3) is 3.28. The minimum Gasteiger partial charge on any atom is -0.500 e. The summed E-state index contributed by atoms with van der Waals surface area (Å²) in [7, 11) is 1.05. The van der Waals surface area contributed by atoms with Gasteiger partial charge in [-0.3, -0.25) is 0 Å². The molecule has 80 valence electrons. The molecule has 6 heteroatoms. The van der Waals surface area contributed by atoms with Gasteiger partial charge in [-0.1, -0.05) is 0 Å². The van der Waals surface area contributed by atoms with Gasteiger partial charge in [0.25, 0.3) is 0 Å². The van der Waals surface area contributed by atoms with Crippen LogP contribution in [0.4, 0.5) is 13.2 Å². The van der Waals surface area contributed by atoms with E-state index < -0.39 is 23.6 Å². The van der Waals surface area contributed by atoms with Gasteiger partial charge in [0.1, 0.15) is 11.7 Å². The molecule has 1 N–H and O–H groups in total. The lowest BCUT2D eigenvalue weighted by Gasteiger charge is -2.17. The van der Waals surface area contributed by atoms with Gasteiger partial charge in [0, 0.05) is 0 Å². The molecule has 3 nitrogen and oxygen atoms in total. The standard InChI is InChI=1S/C8H9F3O3/c1-4-6(12)7(8(9,10)11)5(2)14-13-3/h1,5,12H,2-3H3/b7-6+. The smallest absolute Gasteiger partial charge is 0.419 e. The lowest BCUT2D eigenvalue weighted by atomic mass is 10.1. The first-order valence-corrected chi connectivity index (χ1v) is 3.51. The van der Waals surface area contributed by atoms with Gasteiger partial charge in [-0.2, -0.15) is 13.2 Å². The van der Waals surface area contributed by atoms with E-state index >= 15 is 0 Å². The van der Waals surface area contributed by atoms with Crippen LogP contribution in [0, 0.1) is 12.3 Å². The van der Waals surface area contributed by atoms with Crippen molar-refractivity contribution in [3.8, 4) is 12.3 Å². The number of alkyl halides is 3. The molecule has 1 atom stereocenters. The van der Waals surface area contributed by atoms with Crippen LogP contribution in [-0.2, 0) is 9.78 Å². The Morgan fingerprint density at radius 3 is 2.29 bits per heavy atom. The third-order valence-electron chi connectivity index (χ3n) is 1.34. The van der Waals surface area contributed by atoms with E-state index in [1.807, 2.05) is 0 Å².